The Morgan fingerprint density at radius 1 is 1.48 bits per heavy atom. The van der Waals surface area contributed by atoms with Gasteiger partial charge in [-0.1, -0.05) is 35.5 Å². The Kier molecular flexibility index (Phi) is 4.42. The van der Waals surface area contributed by atoms with Crippen molar-refractivity contribution in [2.24, 2.45) is 0 Å². The van der Waals surface area contributed by atoms with Crippen LogP contribution in [0.3, 0.4) is 0 Å². The summed E-state index contributed by atoms with van der Waals surface area (Å²) in [5.74, 6) is 0.420. The minimum Gasteiger partial charge on any atom is -0.361 e. The molecule has 1 saturated heterocycles. The molecule has 118 valence electrons. The number of likely N-dealkylation sites (tertiary alicyclic amines) is 1. The number of hydrogen-bond acceptors (Lipinski definition) is 4. The number of benzene rings is 1. The second-order valence-electron chi connectivity index (χ2n) is 5.92. The number of carbonyl (C=O) groups excluding carboxylic acids is 1. The number of nitriles is 1. The number of nitrogens with zero attached hydrogens (tertiary/aromatic N) is 3. The van der Waals surface area contributed by atoms with E-state index in [4.69, 9.17) is 4.52 Å². The number of carbonyl (C=O) groups is 1. The molecule has 1 amide bonds. The second-order valence-corrected chi connectivity index (χ2v) is 5.92. The van der Waals surface area contributed by atoms with E-state index >= 15 is 0 Å². The highest BCUT2D eigenvalue weighted by molar-refractivity contribution is 5.79. The summed E-state index contributed by atoms with van der Waals surface area (Å²) < 4.78 is 5.02. The number of rotatable bonds is 4. The van der Waals surface area contributed by atoms with E-state index in [1.165, 1.54) is 0 Å². The Labute approximate surface area is 135 Å². The van der Waals surface area contributed by atoms with Crippen LogP contribution in [-0.4, -0.2) is 28.6 Å². The van der Waals surface area contributed by atoms with Crippen molar-refractivity contribution >= 4 is 5.91 Å². The van der Waals surface area contributed by atoms with Gasteiger partial charge in [-0.05, 0) is 25.3 Å². The van der Waals surface area contributed by atoms with E-state index in [1.54, 1.807) is 13.0 Å². The fraction of sp³-hybridized carbons (Fsp3) is 0.389. The first-order valence-corrected chi connectivity index (χ1v) is 7.85. The minimum atomic E-state index is -0.290. The first-order chi connectivity index (χ1) is 11.2. The van der Waals surface area contributed by atoms with Gasteiger partial charge in [0.15, 0.2) is 0 Å². The maximum absolute atomic E-state index is 12.6. The third-order valence-corrected chi connectivity index (χ3v) is 4.31. The van der Waals surface area contributed by atoms with E-state index < -0.39 is 0 Å². The molecule has 2 unspecified atom stereocenters. The van der Waals surface area contributed by atoms with Gasteiger partial charge in [0, 0.05) is 12.6 Å². The summed E-state index contributed by atoms with van der Waals surface area (Å²) in [6.45, 7) is 2.51. The van der Waals surface area contributed by atoms with Crippen LogP contribution < -0.4 is 0 Å². The summed E-state index contributed by atoms with van der Waals surface area (Å²) in [6.07, 6.45) is 2.01. The Balaban J connectivity index is 1.76. The normalized spacial score (nSPS) is 18.6. The molecule has 1 fully saturated rings. The lowest BCUT2D eigenvalue weighted by atomic mass is 9.91. The molecule has 1 aromatic carbocycles. The molecule has 2 atom stereocenters. The first-order valence-electron chi connectivity index (χ1n) is 7.85. The largest absolute Gasteiger partial charge is 0.361 e. The van der Waals surface area contributed by atoms with Crippen molar-refractivity contribution in [3.8, 4) is 6.07 Å². The monoisotopic (exact) mass is 309 g/mol. The van der Waals surface area contributed by atoms with E-state index in [9.17, 15) is 10.1 Å². The molecule has 5 heteroatoms. The lowest BCUT2D eigenvalue weighted by Crippen LogP contribution is -2.39. The van der Waals surface area contributed by atoms with Crippen molar-refractivity contribution in [2.75, 3.05) is 6.54 Å². The maximum atomic E-state index is 12.6. The van der Waals surface area contributed by atoms with Crippen molar-refractivity contribution in [3.05, 3.63) is 53.4 Å². The molecule has 1 aliphatic rings. The van der Waals surface area contributed by atoms with Crippen molar-refractivity contribution in [1.29, 1.82) is 5.26 Å². The Hall–Kier alpha value is -2.61. The highest BCUT2D eigenvalue weighted by atomic mass is 16.5. The topological polar surface area (TPSA) is 70.1 Å². The van der Waals surface area contributed by atoms with Crippen molar-refractivity contribution in [2.45, 2.75) is 38.1 Å². The van der Waals surface area contributed by atoms with Gasteiger partial charge in [0.2, 0.25) is 5.91 Å². The van der Waals surface area contributed by atoms with Gasteiger partial charge in [-0.3, -0.25) is 4.79 Å². The summed E-state index contributed by atoms with van der Waals surface area (Å²) in [7, 11) is 0. The van der Waals surface area contributed by atoms with E-state index in [-0.39, 0.29) is 24.3 Å². The van der Waals surface area contributed by atoms with Gasteiger partial charge in [-0.25, -0.2) is 0 Å². The minimum absolute atomic E-state index is 0.0111. The smallest absolute Gasteiger partial charge is 0.229 e. The van der Waals surface area contributed by atoms with Gasteiger partial charge in [-0.2, -0.15) is 5.26 Å². The zero-order valence-corrected chi connectivity index (χ0v) is 13.1. The molecule has 0 aliphatic carbocycles. The van der Waals surface area contributed by atoms with E-state index in [2.05, 4.69) is 11.2 Å². The lowest BCUT2D eigenvalue weighted by molar-refractivity contribution is -0.131. The van der Waals surface area contributed by atoms with Gasteiger partial charge in [0.1, 0.15) is 5.76 Å². The summed E-state index contributed by atoms with van der Waals surface area (Å²) in [5, 5.41) is 13.5. The molecule has 3 rings (SSSR count). The van der Waals surface area contributed by atoms with Gasteiger partial charge in [-0.15, -0.1) is 0 Å². The molecule has 1 aromatic heterocycles. The van der Waals surface area contributed by atoms with Crippen molar-refractivity contribution in [1.82, 2.24) is 10.1 Å². The van der Waals surface area contributed by atoms with Crippen LogP contribution in [-0.2, 0) is 11.2 Å². The highest BCUT2D eigenvalue weighted by Gasteiger charge is 2.35. The fourth-order valence-electron chi connectivity index (χ4n) is 3.25. The number of aromatic nitrogens is 1. The predicted octanol–water partition coefficient (Wildman–Crippen LogP) is 2.82. The standard InChI is InChI=1S/C18H19N3O2/c1-13-10-15(20-23-13)11-18(22)21-9-5-8-17(21)16(12-19)14-6-3-2-4-7-14/h2-4,6-7,10,16-17H,5,8-9,11H2,1H3. The zero-order chi connectivity index (χ0) is 16.2. The molecule has 5 nitrogen and oxygen atoms in total. The Bertz CT molecular complexity index is 717. The first kappa shape index (κ1) is 15.3. The lowest BCUT2D eigenvalue weighted by Gasteiger charge is -2.28. The zero-order valence-electron chi connectivity index (χ0n) is 13.1. The van der Waals surface area contributed by atoms with Crippen LogP contribution in [0.15, 0.2) is 40.9 Å². The van der Waals surface area contributed by atoms with E-state index in [0.717, 1.165) is 18.4 Å². The van der Waals surface area contributed by atoms with Gasteiger partial charge in [0.05, 0.1) is 30.1 Å². The SMILES string of the molecule is Cc1cc(CC(=O)N2CCCC2C(C#N)c2ccccc2)no1. The summed E-state index contributed by atoms with van der Waals surface area (Å²) in [4.78, 5) is 14.5. The van der Waals surface area contributed by atoms with E-state index in [1.807, 2.05) is 35.2 Å². The fourth-order valence-corrected chi connectivity index (χ4v) is 3.25. The molecule has 0 spiro atoms. The molecule has 23 heavy (non-hydrogen) atoms. The van der Waals surface area contributed by atoms with E-state index in [0.29, 0.717) is 18.0 Å². The van der Waals surface area contributed by atoms with Gasteiger partial charge >= 0.3 is 0 Å². The number of amides is 1. The average Bonchev–Trinajstić information content (AvgIpc) is 3.19. The van der Waals surface area contributed by atoms with Gasteiger partial charge < -0.3 is 9.42 Å². The summed E-state index contributed by atoms with van der Waals surface area (Å²) in [5.41, 5.74) is 1.61. The summed E-state index contributed by atoms with van der Waals surface area (Å²) in [6, 6.07) is 13.8. The highest BCUT2D eigenvalue weighted by Crippen LogP contribution is 2.31. The van der Waals surface area contributed by atoms with Crippen LogP contribution in [0.2, 0.25) is 0 Å². The van der Waals surface area contributed by atoms with Crippen LogP contribution in [0.1, 0.15) is 35.8 Å². The molecule has 0 N–H and O–H groups in total. The number of hydrogen-bond donors (Lipinski definition) is 0. The van der Waals surface area contributed by atoms with Crippen molar-refractivity contribution in [3.63, 3.8) is 0 Å². The van der Waals surface area contributed by atoms with Crippen LogP contribution in [0.4, 0.5) is 0 Å². The van der Waals surface area contributed by atoms with Gasteiger partial charge in [0.25, 0.3) is 0 Å². The molecule has 0 saturated carbocycles. The molecule has 2 heterocycles. The van der Waals surface area contributed by atoms with Crippen molar-refractivity contribution < 1.29 is 9.32 Å². The Morgan fingerprint density at radius 2 is 2.26 bits per heavy atom. The molecular formula is C18H19N3O2. The Morgan fingerprint density at radius 3 is 2.91 bits per heavy atom. The molecule has 2 aromatic rings. The van der Waals surface area contributed by atoms with Crippen LogP contribution in [0.25, 0.3) is 0 Å². The number of aryl methyl sites for hydroxylation is 1. The third kappa shape index (κ3) is 3.26. The average molecular weight is 309 g/mol. The third-order valence-electron chi connectivity index (χ3n) is 4.31. The molecule has 0 bridgehead atoms. The van der Waals surface area contributed by atoms with Crippen LogP contribution in [0.5, 0.6) is 0 Å². The summed E-state index contributed by atoms with van der Waals surface area (Å²) >= 11 is 0. The second kappa shape index (κ2) is 6.66. The quantitative estimate of drug-likeness (QED) is 0.870. The molecule has 1 aliphatic heterocycles. The maximum Gasteiger partial charge on any atom is 0.229 e. The predicted molar refractivity (Wildman–Crippen MR) is 84.5 cm³/mol. The van der Waals surface area contributed by atoms with Crippen LogP contribution >= 0.6 is 0 Å². The van der Waals surface area contributed by atoms with Crippen LogP contribution in [0, 0.1) is 18.3 Å². The molecule has 0 radical (unpaired) electrons. The molecular weight excluding hydrogens is 290 g/mol.